The largest absolute Gasteiger partial charge is 0.390 e. The third-order valence-electron chi connectivity index (χ3n) is 2.33. The van der Waals surface area contributed by atoms with E-state index in [4.69, 9.17) is 10.8 Å². The highest BCUT2D eigenvalue weighted by molar-refractivity contribution is 7.15. The summed E-state index contributed by atoms with van der Waals surface area (Å²) < 4.78 is 0. The predicted octanol–water partition coefficient (Wildman–Crippen LogP) is 2.17. The molecule has 82 valence electrons. The number of nitrogens with two attached hydrogens (primary N) is 1. The van der Waals surface area contributed by atoms with Gasteiger partial charge in [-0.3, -0.25) is 4.79 Å². The monoisotopic (exact) mass is 233 g/mol. The Labute approximate surface area is 97.2 Å². The fraction of sp³-hybridized carbons (Fsp3) is 0.0833. The van der Waals surface area contributed by atoms with Crippen molar-refractivity contribution in [2.75, 3.05) is 12.3 Å². The SMILES string of the molecule is Nc1scc(-c2ccccc2)c1C(=O)CO. The number of carbonyl (C=O) groups excluding carboxylic acids is 1. The van der Waals surface area contributed by atoms with Crippen LogP contribution >= 0.6 is 11.3 Å². The van der Waals surface area contributed by atoms with E-state index < -0.39 is 6.61 Å². The van der Waals surface area contributed by atoms with Gasteiger partial charge in [0.15, 0.2) is 5.78 Å². The van der Waals surface area contributed by atoms with E-state index in [1.54, 1.807) is 0 Å². The van der Waals surface area contributed by atoms with Crippen LogP contribution in [0.1, 0.15) is 10.4 Å². The molecule has 3 N–H and O–H groups in total. The predicted molar refractivity (Wildman–Crippen MR) is 65.6 cm³/mol. The molecule has 0 atom stereocenters. The molecule has 0 bridgehead atoms. The lowest BCUT2D eigenvalue weighted by molar-refractivity contribution is 0.0905. The Morgan fingerprint density at radius 3 is 2.62 bits per heavy atom. The van der Waals surface area contributed by atoms with E-state index in [1.807, 2.05) is 35.7 Å². The first-order chi connectivity index (χ1) is 7.74. The summed E-state index contributed by atoms with van der Waals surface area (Å²) in [6.07, 6.45) is 0. The van der Waals surface area contributed by atoms with Gasteiger partial charge in [-0.1, -0.05) is 30.3 Å². The van der Waals surface area contributed by atoms with E-state index in [1.165, 1.54) is 11.3 Å². The number of benzene rings is 1. The zero-order valence-corrected chi connectivity index (χ0v) is 9.33. The van der Waals surface area contributed by atoms with Crippen LogP contribution < -0.4 is 5.73 Å². The number of hydrogen-bond donors (Lipinski definition) is 2. The molecule has 2 rings (SSSR count). The van der Waals surface area contributed by atoms with Gasteiger partial charge in [0, 0.05) is 10.9 Å². The van der Waals surface area contributed by atoms with Crippen molar-refractivity contribution in [3.63, 3.8) is 0 Å². The van der Waals surface area contributed by atoms with Gasteiger partial charge in [0.2, 0.25) is 0 Å². The molecule has 1 aromatic carbocycles. The van der Waals surface area contributed by atoms with Crippen LogP contribution in [0.4, 0.5) is 5.00 Å². The van der Waals surface area contributed by atoms with E-state index >= 15 is 0 Å². The van der Waals surface area contributed by atoms with E-state index in [0.717, 1.165) is 11.1 Å². The molecule has 0 unspecified atom stereocenters. The van der Waals surface area contributed by atoms with Crippen LogP contribution in [0.3, 0.4) is 0 Å². The van der Waals surface area contributed by atoms with Crippen LogP contribution in [0.2, 0.25) is 0 Å². The molecule has 0 aliphatic carbocycles. The zero-order valence-electron chi connectivity index (χ0n) is 8.51. The lowest BCUT2D eigenvalue weighted by Gasteiger charge is -2.02. The van der Waals surface area contributed by atoms with E-state index in [-0.39, 0.29) is 5.78 Å². The second-order valence-electron chi connectivity index (χ2n) is 3.34. The molecule has 0 amide bonds. The molecule has 3 nitrogen and oxygen atoms in total. The molecule has 4 heteroatoms. The Bertz CT molecular complexity index is 505. The van der Waals surface area contributed by atoms with Crippen molar-refractivity contribution in [2.24, 2.45) is 0 Å². The number of carbonyl (C=O) groups is 1. The van der Waals surface area contributed by atoms with Crippen molar-refractivity contribution in [3.05, 3.63) is 41.3 Å². The number of rotatable bonds is 3. The fourth-order valence-corrected chi connectivity index (χ4v) is 2.41. The van der Waals surface area contributed by atoms with Crippen molar-refractivity contribution in [2.45, 2.75) is 0 Å². The Hall–Kier alpha value is -1.65. The van der Waals surface area contributed by atoms with Gasteiger partial charge in [0.1, 0.15) is 6.61 Å². The van der Waals surface area contributed by atoms with Crippen LogP contribution in [-0.2, 0) is 0 Å². The maximum absolute atomic E-state index is 11.6. The smallest absolute Gasteiger partial charge is 0.191 e. The summed E-state index contributed by atoms with van der Waals surface area (Å²) >= 11 is 1.32. The van der Waals surface area contributed by atoms with Gasteiger partial charge in [0.25, 0.3) is 0 Å². The van der Waals surface area contributed by atoms with Crippen LogP contribution in [-0.4, -0.2) is 17.5 Å². The number of nitrogen functional groups attached to an aromatic ring is 1. The van der Waals surface area contributed by atoms with Crippen molar-refractivity contribution >= 4 is 22.1 Å². The van der Waals surface area contributed by atoms with Crippen molar-refractivity contribution in [3.8, 4) is 11.1 Å². The van der Waals surface area contributed by atoms with Crippen LogP contribution in [0.25, 0.3) is 11.1 Å². The molecule has 0 fully saturated rings. The van der Waals surface area contributed by atoms with Gasteiger partial charge in [-0.15, -0.1) is 11.3 Å². The van der Waals surface area contributed by atoms with Crippen LogP contribution in [0.5, 0.6) is 0 Å². The number of aliphatic hydroxyl groups excluding tert-OH is 1. The third-order valence-corrected chi connectivity index (χ3v) is 3.14. The molecule has 1 aromatic heterocycles. The fourth-order valence-electron chi connectivity index (χ4n) is 1.57. The van der Waals surface area contributed by atoms with Gasteiger partial charge >= 0.3 is 0 Å². The second-order valence-corrected chi connectivity index (χ2v) is 4.25. The Morgan fingerprint density at radius 1 is 1.31 bits per heavy atom. The topological polar surface area (TPSA) is 63.3 Å². The van der Waals surface area contributed by atoms with Crippen molar-refractivity contribution in [1.29, 1.82) is 0 Å². The van der Waals surface area contributed by atoms with E-state index in [9.17, 15) is 4.79 Å². The molecule has 0 saturated carbocycles. The van der Waals surface area contributed by atoms with Crippen molar-refractivity contribution in [1.82, 2.24) is 0 Å². The summed E-state index contributed by atoms with van der Waals surface area (Å²) in [6.45, 7) is -0.513. The minimum Gasteiger partial charge on any atom is -0.390 e. The Kier molecular flexibility index (Phi) is 3.03. The van der Waals surface area contributed by atoms with Crippen LogP contribution in [0.15, 0.2) is 35.7 Å². The zero-order chi connectivity index (χ0) is 11.5. The van der Waals surface area contributed by atoms with E-state index in [2.05, 4.69) is 0 Å². The third kappa shape index (κ3) is 1.85. The standard InChI is InChI=1S/C12H11NO2S/c13-12-11(10(15)6-14)9(7-16-12)8-4-2-1-3-5-8/h1-5,7,14H,6,13H2. The summed E-state index contributed by atoms with van der Waals surface area (Å²) in [7, 11) is 0. The number of aliphatic hydroxyl groups is 1. The van der Waals surface area contributed by atoms with Gasteiger partial charge in [-0.2, -0.15) is 0 Å². The molecular weight excluding hydrogens is 222 g/mol. The number of anilines is 1. The summed E-state index contributed by atoms with van der Waals surface area (Å²) in [5, 5.41) is 11.2. The van der Waals surface area contributed by atoms with Gasteiger partial charge in [-0.05, 0) is 5.56 Å². The second kappa shape index (κ2) is 4.47. The molecule has 0 aliphatic heterocycles. The molecule has 0 aliphatic rings. The minimum absolute atomic E-state index is 0.336. The highest BCUT2D eigenvalue weighted by Gasteiger charge is 2.17. The molecule has 0 spiro atoms. The molecule has 0 radical (unpaired) electrons. The normalized spacial score (nSPS) is 10.3. The summed E-state index contributed by atoms with van der Waals surface area (Å²) in [5.74, 6) is -0.336. The highest BCUT2D eigenvalue weighted by atomic mass is 32.1. The van der Waals surface area contributed by atoms with Crippen molar-refractivity contribution < 1.29 is 9.90 Å². The average Bonchev–Trinajstić information content (AvgIpc) is 2.71. The first kappa shape index (κ1) is 10.9. The number of thiophene rings is 1. The average molecular weight is 233 g/mol. The van der Waals surface area contributed by atoms with Gasteiger partial charge in [0.05, 0.1) is 10.6 Å². The van der Waals surface area contributed by atoms with Crippen LogP contribution in [0, 0.1) is 0 Å². The molecule has 1 heterocycles. The molecule has 0 saturated heterocycles. The summed E-state index contributed by atoms with van der Waals surface area (Å²) in [4.78, 5) is 11.6. The lowest BCUT2D eigenvalue weighted by atomic mass is 10.0. The Balaban J connectivity index is 2.55. The maximum atomic E-state index is 11.6. The summed E-state index contributed by atoms with van der Waals surface area (Å²) in [5.41, 5.74) is 7.90. The number of ketones is 1. The van der Waals surface area contributed by atoms with E-state index in [0.29, 0.717) is 10.6 Å². The number of Topliss-reactive ketones (excluding diaryl/α,β-unsaturated/α-hetero) is 1. The first-order valence-corrected chi connectivity index (χ1v) is 5.68. The maximum Gasteiger partial charge on any atom is 0.191 e. The quantitative estimate of drug-likeness (QED) is 0.799. The highest BCUT2D eigenvalue weighted by Crippen LogP contribution is 2.33. The molecule has 2 aromatic rings. The lowest BCUT2D eigenvalue weighted by Crippen LogP contribution is -2.06. The van der Waals surface area contributed by atoms with Gasteiger partial charge < -0.3 is 10.8 Å². The molecule has 16 heavy (non-hydrogen) atoms. The molecular formula is C12H11NO2S. The number of hydrogen-bond acceptors (Lipinski definition) is 4. The minimum atomic E-state index is -0.513. The summed E-state index contributed by atoms with van der Waals surface area (Å²) in [6, 6.07) is 9.53. The van der Waals surface area contributed by atoms with Gasteiger partial charge in [-0.25, -0.2) is 0 Å². The Morgan fingerprint density at radius 2 is 2.00 bits per heavy atom. The first-order valence-electron chi connectivity index (χ1n) is 4.80.